The molecule has 0 atom stereocenters. The fourth-order valence-electron chi connectivity index (χ4n) is 6.15. The molecule has 1 fully saturated rings. The second-order valence-electron chi connectivity index (χ2n) is 11.7. The molecule has 5 aromatic rings. The summed E-state index contributed by atoms with van der Waals surface area (Å²) < 4.78 is 48.2. The number of methoxy groups -OCH3 is 3. The summed E-state index contributed by atoms with van der Waals surface area (Å²) in [7, 11) is 3.96. The van der Waals surface area contributed by atoms with Crippen molar-refractivity contribution >= 4 is 39.6 Å². The normalized spacial score (nSPS) is 13.4. The van der Waals surface area contributed by atoms with Crippen LogP contribution in [0.2, 0.25) is 0 Å². The number of hydrogen-bond donors (Lipinski definition) is 1. The molecule has 3 aromatic carbocycles. The lowest BCUT2D eigenvalue weighted by Crippen LogP contribution is -2.46. The van der Waals surface area contributed by atoms with E-state index in [1.165, 1.54) is 38.7 Å². The Balaban J connectivity index is 1.41. The predicted octanol–water partition coefficient (Wildman–Crippen LogP) is 6.41. The summed E-state index contributed by atoms with van der Waals surface area (Å²) in [5, 5.41) is 15.6. The number of piperazine rings is 1. The Morgan fingerprint density at radius 3 is 2.22 bits per heavy atom. The van der Waals surface area contributed by atoms with Crippen LogP contribution in [0, 0.1) is 21.7 Å². The fourth-order valence-corrected chi connectivity index (χ4v) is 6.15. The predicted molar refractivity (Wildman–Crippen MR) is 185 cm³/mol. The lowest BCUT2D eigenvalue weighted by atomic mass is 10.0. The number of nitrogens with zero attached hydrogens (tertiary/aromatic N) is 5. The zero-order valence-electron chi connectivity index (χ0n) is 28.0. The number of pyridine rings is 1. The monoisotopic (exact) mass is 686 g/mol. The molecule has 2 aromatic heterocycles. The first-order chi connectivity index (χ1) is 24.1. The Morgan fingerprint density at radius 1 is 0.940 bits per heavy atom. The van der Waals surface area contributed by atoms with Crippen LogP contribution in [0.4, 0.5) is 31.7 Å². The van der Waals surface area contributed by atoms with E-state index in [2.05, 4.69) is 27.0 Å². The molecule has 0 saturated carbocycles. The molecule has 3 heterocycles. The number of halogens is 2. The molecule has 1 aliphatic heterocycles. The van der Waals surface area contributed by atoms with Gasteiger partial charge in [0, 0.05) is 67.7 Å². The highest BCUT2D eigenvalue weighted by Gasteiger charge is 2.29. The number of carbonyl (C=O) groups is 1. The zero-order chi connectivity index (χ0) is 35.5. The number of fused-ring (bicyclic) bond motifs is 1. The van der Waals surface area contributed by atoms with Gasteiger partial charge in [0.25, 0.3) is 5.69 Å². The number of rotatable bonds is 12. The van der Waals surface area contributed by atoms with Crippen LogP contribution in [-0.4, -0.2) is 79.2 Å². The van der Waals surface area contributed by atoms with E-state index in [1.54, 1.807) is 29.9 Å². The largest absolute Gasteiger partial charge is 0.497 e. The molecule has 0 radical (unpaired) electrons. The third-order valence-corrected chi connectivity index (χ3v) is 8.95. The van der Waals surface area contributed by atoms with Crippen LogP contribution in [0.15, 0.2) is 67.0 Å². The average molecular weight is 687 g/mol. The summed E-state index contributed by atoms with van der Waals surface area (Å²) in [5.41, 5.74) is 1.26. The van der Waals surface area contributed by atoms with Gasteiger partial charge in [-0.15, -0.1) is 0 Å². The van der Waals surface area contributed by atoms with Gasteiger partial charge in [-0.3, -0.25) is 14.9 Å². The number of nitrogens with one attached hydrogen (secondary N) is 1. The van der Waals surface area contributed by atoms with E-state index in [9.17, 15) is 14.9 Å². The smallest absolute Gasteiger partial charge is 0.294 e. The highest BCUT2D eigenvalue weighted by Crippen LogP contribution is 2.36. The summed E-state index contributed by atoms with van der Waals surface area (Å²) in [6.45, 7) is 6.57. The molecule has 0 bridgehead atoms. The van der Waals surface area contributed by atoms with Gasteiger partial charge in [-0.2, -0.15) is 0 Å². The van der Waals surface area contributed by atoms with Crippen molar-refractivity contribution in [2.75, 3.05) is 64.3 Å². The van der Waals surface area contributed by atoms with E-state index in [-0.39, 0.29) is 40.8 Å². The van der Waals surface area contributed by atoms with Crippen molar-refractivity contribution in [2.45, 2.75) is 13.5 Å². The molecule has 1 aliphatic rings. The molecule has 1 saturated heterocycles. The van der Waals surface area contributed by atoms with Crippen molar-refractivity contribution in [3.8, 4) is 17.2 Å². The maximum atomic E-state index is 15.5. The third-order valence-electron chi connectivity index (χ3n) is 8.95. The van der Waals surface area contributed by atoms with Gasteiger partial charge >= 0.3 is 0 Å². The van der Waals surface area contributed by atoms with Gasteiger partial charge in [0.15, 0.2) is 23.1 Å². The maximum Gasteiger partial charge on any atom is 0.294 e. The minimum absolute atomic E-state index is 0.0249. The van der Waals surface area contributed by atoms with E-state index in [0.29, 0.717) is 16.7 Å². The Labute approximate surface area is 286 Å². The van der Waals surface area contributed by atoms with Crippen LogP contribution in [0.5, 0.6) is 17.2 Å². The maximum absolute atomic E-state index is 15.5. The van der Waals surface area contributed by atoms with E-state index in [4.69, 9.17) is 14.2 Å². The minimum atomic E-state index is -1.17. The van der Waals surface area contributed by atoms with Crippen LogP contribution in [0.3, 0.4) is 0 Å². The van der Waals surface area contributed by atoms with Gasteiger partial charge in [-0.1, -0.05) is 19.1 Å². The van der Waals surface area contributed by atoms with E-state index in [1.807, 2.05) is 18.2 Å². The van der Waals surface area contributed by atoms with Crippen LogP contribution < -0.4 is 24.4 Å². The second kappa shape index (κ2) is 14.4. The third kappa shape index (κ3) is 6.61. The SMILES string of the molecule is CCN1CCN(c2ccc(Nc3cc4c(C(=O)c5c(F)c(OC)cc(OC)c5F)cn(Cc5ccc(OC)cc5)c4cn3)c([N+](=O)[O-])c2)CC1. The molecule has 6 rings (SSSR count). The van der Waals surface area contributed by atoms with Crippen molar-refractivity contribution in [1.29, 1.82) is 0 Å². The molecule has 50 heavy (non-hydrogen) atoms. The van der Waals surface area contributed by atoms with Crippen LogP contribution in [0.25, 0.3) is 10.9 Å². The highest BCUT2D eigenvalue weighted by atomic mass is 19.1. The Hall–Kier alpha value is -5.76. The van der Waals surface area contributed by atoms with Gasteiger partial charge < -0.3 is 33.9 Å². The van der Waals surface area contributed by atoms with Crippen molar-refractivity contribution < 1.29 is 32.7 Å². The summed E-state index contributed by atoms with van der Waals surface area (Å²) >= 11 is 0. The molecule has 14 heteroatoms. The van der Waals surface area contributed by atoms with Gasteiger partial charge in [-0.25, -0.2) is 13.8 Å². The number of ether oxygens (including phenoxy) is 3. The van der Waals surface area contributed by atoms with Crippen LogP contribution in [-0.2, 0) is 6.54 Å². The van der Waals surface area contributed by atoms with Crippen LogP contribution in [0.1, 0.15) is 28.4 Å². The summed E-state index contributed by atoms with van der Waals surface area (Å²) in [6, 6.07) is 14.8. The van der Waals surface area contributed by atoms with Crippen molar-refractivity contribution in [3.05, 3.63) is 105 Å². The van der Waals surface area contributed by atoms with Gasteiger partial charge in [0.05, 0.1) is 38.0 Å². The lowest BCUT2D eigenvalue weighted by molar-refractivity contribution is -0.383. The zero-order valence-corrected chi connectivity index (χ0v) is 28.0. The highest BCUT2D eigenvalue weighted by molar-refractivity contribution is 6.17. The van der Waals surface area contributed by atoms with E-state index < -0.39 is 27.9 Å². The molecular weight excluding hydrogens is 650 g/mol. The number of ketones is 1. The van der Waals surface area contributed by atoms with Crippen molar-refractivity contribution in [2.24, 2.45) is 0 Å². The second-order valence-corrected chi connectivity index (χ2v) is 11.7. The van der Waals surface area contributed by atoms with Gasteiger partial charge in [0.2, 0.25) is 5.78 Å². The summed E-state index contributed by atoms with van der Waals surface area (Å²) in [4.78, 5) is 34.8. The number of aromatic nitrogens is 2. The molecule has 12 nitrogen and oxygen atoms in total. The first-order valence-corrected chi connectivity index (χ1v) is 15.9. The number of likely N-dealkylation sites (N-methyl/N-ethyl adjacent to an activating group) is 1. The Bertz CT molecular complexity index is 2030. The average Bonchev–Trinajstić information content (AvgIpc) is 3.49. The molecule has 1 N–H and O–H groups in total. The molecular formula is C36H36F2N6O6. The van der Waals surface area contributed by atoms with Crippen molar-refractivity contribution in [1.82, 2.24) is 14.5 Å². The van der Waals surface area contributed by atoms with E-state index in [0.717, 1.165) is 50.0 Å². The Morgan fingerprint density at radius 2 is 1.62 bits per heavy atom. The first-order valence-electron chi connectivity index (χ1n) is 15.9. The standard InChI is InChI=1S/C36H36F2N6O6/c1-5-41-12-14-42(15-13-41)23-8-11-27(28(16-23)44(46)47)40-32-17-25-26(36(45)33-34(37)30(49-3)18-31(50-4)35(33)38)21-43(29(25)19-39-32)20-22-6-9-24(48-2)10-7-22/h6-11,16-19,21H,5,12-15,20H2,1-4H3,(H,39,40). The minimum Gasteiger partial charge on any atom is -0.497 e. The first kappa shape index (κ1) is 34.1. The summed E-state index contributed by atoms with van der Waals surface area (Å²) in [6.07, 6.45) is 3.01. The molecule has 0 aliphatic carbocycles. The lowest BCUT2D eigenvalue weighted by Gasteiger charge is -2.35. The number of nitro groups is 1. The topological polar surface area (TPSA) is 124 Å². The molecule has 0 spiro atoms. The number of hydrogen-bond acceptors (Lipinski definition) is 10. The molecule has 260 valence electrons. The molecule has 0 amide bonds. The van der Waals surface area contributed by atoms with Gasteiger partial charge in [-0.05, 0) is 42.4 Å². The molecule has 0 unspecified atom stereocenters. The van der Waals surface area contributed by atoms with Crippen LogP contribution >= 0.6 is 0 Å². The summed E-state index contributed by atoms with van der Waals surface area (Å²) in [5.74, 6) is -3.17. The quantitative estimate of drug-likeness (QED) is 0.0894. The van der Waals surface area contributed by atoms with Crippen molar-refractivity contribution in [3.63, 3.8) is 0 Å². The fraction of sp³-hybridized carbons (Fsp3) is 0.278. The number of anilines is 3. The van der Waals surface area contributed by atoms with E-state index >= 15 is 8.78 Å². The van der Waals surface area contributed by atoms with Gasteiger partial charge in [0.1, 0.15) is 22.8 Å². The number of carbonyl (C=O) groups excluding carboxylic acids is 1. The number of benzene rings is 3. The Kier molecular flexibility index (Phi) is 9.81. The number of nitro benzene ring substituents is 1.